The third-order valence-electron chi connectivity index (χ3n) is 5.33. The van der Waals surface area contributed by atoms with E-state index < -0.39 is 18.8 Å². The first-order chi connectivity index (χ1) is 15.8. The Hall–Kier alpha value is -3.28. The summed E-state index contributed by atoms with van der Waals surface area (Å²) >= 11 is -3.17. The first-order valence-electron chi connectivity index (χ1n) is 10.7. The van der Waals surface area contributed by atoms with Crippen LogP contribution in [-0.4, -0.2) is 23.9 Å². The van der Waals surface area contributed by atoms with Crippen molar-refractivity contribution in [3.8, 4) is 5.75 Å². The Balaban J connectivity index is 0.000000300. The molecule has 1 N–H and O–H groups in total. The van der Waals surface area contributed by atoms with E-state index in [2.05, 4.69) is 121 Å². The molecule has 5 aromatic carbocycles. The average Bonchev–Trinajstić information content (AvgIpc) is 2.88. The van der Waals surface area contributed by atoms with E-state index in [0.29, 0.717) is 5.75 Å². The third kappa shape index (κ3) is 4.79. The Morgan fingerprint density at radius 2 is 0.531 bits per heavy atom. The maximum atomic E-state index is 8.63. The molecule has 0 heterocycles. The number of aromatic hydroxyl groups is 1. The van der Waals surface area contributed by atoms with Gasteiger partial charge in [-0.25, -0.2) is 0 Å². The van der Waals surface area contributed by atoms with Crippen LogP contribution in [0.3, 0.4) is 0 Å². The van der Waals surface area contributed by atoms with Gasteiger partial charge in [-0.3, -0.25) is 0 Å². The van der Waals surface area contributed by atoms with Crippen LogP contribution in [-0.2, 0) is 0 Å². The van der Waals surface area contributed by atoms with Gasteiger partial charge in [-0.2, -0.15) is 0 Å². The molecule has 1 radical (unpaired) electrons. The Kier molecular flexibility index (Phi) is 7.43. The van der Waals surface area contributed by atoms with Crippen molar-refractivity contribution in [2.75, 3.05) is 0 Å². The van der Waals surface area contributed by atoms with Crippen molar-refractivity contribution in [2.24, 2.45) is 0 Å². The van der Waals surface area contributed by atoms with Crippen molar-refractivity contribution in [3.05, 3.63) is 152 Å². The molecule has 0 aliphatic heterocycles. The molecule has 2 heteroatoms. The minimum atomic E-state index is -3.17. The van der Waals surface area contributed by atoms with Gasteiger partial charge in [-0.1, -0.05) is 18.2 Å². The summed E-state index contributed by atoms with van der Waals surface area (Å²) in [5, 5.41) is 8.63. The van der Waals surface area contributed by atoms with Crippen LogP contribution in [0.25, 0.3) is 0 Å². The quantitative estimate of drug-likeness (QED) is 0.345. The topological polar surface area (TPSA) is 20.2 Å². The average molecular weight is 524 g/mol. The molecule has 157 valence electrons. The van der Waals surface area contributed by atoms with Crippen LogP contribution in [0.15, 0.2) is 152 Å². The molecule has 5 rings (SSSR count). The van der Waals surface area contributed by atoms with Crippen LogP contribution >= 0.6 is 0 Å². The van der Waals surface area contributed by atoms with E-state index in [1.807, 2.05) is 6.07 Å². The molecule has 0 amide bonds. The summed E-state index contributed by atoms with van der Waals surface area (Å²) in [6.07, 6.45) is 0. The molecule has 0 unspecified atom stereocenters. The fraction of sp³-hybridized carbons (Fsp3) is 0. The van der Waals surface area contributed by atoms with Gasteiger partial charge in [0.15, 0.2) is 0 Å². The molecule has 0 spiro atoms. The van der Waals surface area contributed by atoms with Gasteiger partial charge in [0.05, 0.1) is 0 Å². The van der Waals surface area contributed by atoms with E-state index in [0.717, 1.165) is 0 Å². The summed E-state index contributed by atoms with van der Waals surface area (Å²) in [6.45, 7) is 0. The Bertz CT molecular complexity index is 1030. The monoisotopic (exact) mass is 523 g/mol. The molecule has 0 bridgehead atoms. The van der Waals surface area contributed by atoms with Gasteiger partial charge in [0.2, 0.25) is 0 Å². The number of hydrogen-bond donors (Lipinski definition) is 1. The molecule has 0 atom stereocenters. The van der Waals surface area contributed by atoms with E-state index in [1.165, 1.54) is 14.0 Å². The maximum absolute atomic E-state index is 8.63. The van der Waals surface area contributed by atoms with E-state index in [4.69, 9.17) is 5.11 Å². The van der Waals surface area contributed by atoms with Crippen LogP contribution in [0.4, 0.5) is 0 Å². The molecule has 0 saturated carbocycles. The predicted octanol–water partition coefficient (Wildman–Crippen LogP) is 4.46. The van der Waals surface area contributed by atoms with Crippen molar-refractivity contribution < 1.29 is 5.11 Å². The summed E-state index contributed by atoms with van der Waals surface area (Å²) in [5.74, 6) is 0.322. The number of phenols is 1. The molecule has 5 aromatic rings. The second kappa shape index (κ2) is 10.8. The molecule has 0 aliphatic carbocycles. The predicted molar refractivity (Wildman–Crippen MR) is 138 cm³/mol. The fourth-order valence-electron chi connectivity index (χ4n) is 3.93. The standard InChI is InChI=1S/C6H6O.4C6H5.Sb/c7-6-4-2-1-3-5-6;4*1-2-4-6-5-3-1;/h1-5,7H;4*1-5H;. The van der Waals surface area contributed by atoms with Gasteiger partial charge in [0.25, 0.3) is 0 Å². The summed E-state index contributed by atoms with van der Waals surface area (Å²) < 4.78 is 5.91. The first-order valence-corrected chi connectivity index (χ1v) is 15.8. The molecule has 1 nitrogen and oxygen atoms in total. The molecule has 0 saturated heterocycles. The van der Waals surface area contributed by atoms with E-state index >= 15 is 0 Å². The third-order valence-corrected chi connectivity index (χ3v) is 17.6. The van der Waals surface area contributed by atoms with Gasteiger partial charge in [0.1, 0.15) is 5.75 Å². The van der Waals surface area contributed by atoms with Crippen molar-refractivity contribution in [1.29, 1.82) is 0 Å². The zero-order valence-electron chi connectivity index (χ0n) is 17.8. The SMILES string of the molecule is Oc1ccccc1.c1cc[c]([Sb]([c]2ccccc2)([c]2ccccc2)[c]2ccccc2)cc1. The molecule has 32 heavy (non-hydrogen) atoms. The summed E-state index contributed by atoms with van der Waals surface area (Å²) in [7, 11) is 0. The van der Waals surface area contributed by atoms with Gasteiger partial charge in [0, 0.05) is 0 Å². The second-order valence-electron chi connectivity index (χ2n) is 7.35. The van der Waals surface area contributed by atoms with Gasteiger partial charge >= 0.3 is 154 Å². The van der Waals surface area contributed by atoms with E-state index in [1.54, 1.807) is 24.3 Å². The van der Waals surface area contributed by atoms with Gasteiger partial charge in [-0.15, -0.1) is 0 Å². The second-order valence-corrected chi connectivity index (χ2v) is 17.1. The van der Waals surface area contributed by atoms with Crippen LogP contribution in [0.5, 0.6) is 5.75 Å². The van der Waals surface area contributed by atoms with Crippen molar-refractivity contribution in [3.63, 3.8) is 0 Å². The van der Waals surface area contributed by atoms with Crippen molar-refractivity contribution >= 4 is 32.8 Å². The summed E-state index contributed by atoms with van der Waals surface area (Å²) in [4.78, 5) is 0. The normalized spacial score (nSPS) is 10.6. The zero-order chi connectivity index (χ0) is 22.1. The number of para-hydroxylation sites is 1. The van der Waals surface area contributed by atoms with Crippen LogP contribution < -0.4 is 14.0 Å². The Labute approximate surface area is 194 Å². The number of hydrogen-bond acceptors (Lipinski definition) is 1. The summed E-state index contributed by atoms with van der Waals surface area (Å²) in [6, 6.07) is 53.1. The minimum absolute atomic E-state index is 0.322. The van der Waals surface area contributed by atoms with Gasteiger partial charge in [-0.05, 0) is 12.1 Å². The number of rotatable bonds is 4. The van der Waals surface area contributed by atoms with Crippen molar-refractivity contribution in [1.82, 2.24) is 0 Å². The first kappa shape index (κ1) is 21.9. The Morgan fingerprint density at radius 3 is 0.719 bits per heavy atom. The molecular formula is C30H26OSb. The van der Waals surface area contributed by atoms with Crippen LogP contribution in [0.1, 0.15) is 0 Å². The summed E-state index contributed by atoms with van der Waals surface area (Å²) in [5.41, 5.74) is 0. The molecule has 0 aliphatic rings. The number of benzene rings is 5. The van der Waals surface area contributed by atoms with Gasteiger partial charge < -0.3 is 5.11 Å². The molecule has 0 fully saturated rings. The van der Waals surface area contributed by atoms with E-state index in [9.17, 15) is 0 Å². The zero-order valence-corrected chi connectivity index (χ0v) is 20.4. The van der Waals surface area contributed by atoms with Crippen molar-refractivity contribution in [2.45, 2.75) is 0 Å². The van der Waals surface area contributed by atoms with Crippen LogP contribution in [0, 0.1) is 0 Å². The molecule has 0 aromatic heterocycles. The number of phenolic OH excluding ortho intramolecular Hbond substituents is 1. The fourth-order valence-corrected chi connectivity index (χ4v) is 16.1. The Morgan fingerprint density at radius 1 is 0.312 bits per heavy atom. The van der Waals surface area contributed by atoms with E-state index in [-0.39, 0.29) is 0 Å². The molecular weight excluding hydrogens is 498 g/mol. The van der Waals surface area contributed by atoms with Crippen LogP contribution in [0.2, 0.25) is 0 Å².